The van der Waals surface area contributed by atoms with Crippen LogP contribution in [-0.4, -0.2) is 31.9 Å². The molecule has 0 spiro atoms. The fourth-order valence-corrected chi connectivity index (χ4v) is 3.60. The Morgan fingerprint density at radius 2 is 1.50 bits per heavy atom. The van der Waals surface area contributed by atoms with Gasteiger partial charge in [0.1, 0.15) is 11.5 Å². The van der Waals surface area contributed by atoms with Gasteiger partial charge in [0.2, 0.25) is 0 Å². The fraction of sp³-hybridized carbons (Fsp3) is 0.174. The first-order valence-corrected chi connectivity index (χ1v) is 8.96. The van der Waals surface area contributed by atoms with Crippen LogP contribution < -0.4 is 9.47 Å². The molecule has 0 unspecified atom stereocenters. The van der Waals surface area contributed by atoms with Crippen molar-refractivity contribution in [3.8, 4) is 11.5 Å². The maximum absolute atomic E-state index is 12.0. The lowest BCUT2D eigenvalue weighted by Crippen LogP contribution is -2.03. The van der Waals surface area contributed by atoms with Crippen molar-refractivity contribution < 1.29 is 19.0 Å². The molecular formula is C23H21NO4. The Kier molecular flexibility index (Phi) is 4.65. The third-order valence-electron chi connectivity index (χ3n) is 4.95. The number of methoxy groups -OCH3 is 3. The minimum Gasteiger partial charge on any atom is -0.497 e. The monoisotopic (exact) mass is 375 g/mol. The second kappa shape index (κ2) is 7.27. The van der Waals surface area contributed by atoms with E-state index in [0.29, 0.717) is 12.1 Å². The molecule has 0 saturated heterocycles. The van der Waals surface area contributed by atoms with Gasteiger partial charge in [-0.3, -0.25) is 0 Å². The van der Waals surface area contributed by atoms with Gasteiger partial charge >= 0.3 is 5.97 Å². The normalized spacial score (nSPS) is 11.0. The predicted octanol–water partition coefficient (Wildman–Crippen LogP) is 4.65. The van der Waals surface area contributed by atoms with E-state index in [1.165, 1.54) is 7.11 Å². The van der Waals surface area contributed by atoms with Crippen LogP contribution in [0.4, 0.5) is 0 Å². The molecule has 4 aromatic rings. The van der Waals surface area contributed by atoms with Crippen LogP contribution in [0.15, 0.2) is 60.7 Å². The van der Waals surface area contributed by atoms with Gasteiger partial charge in [0.05, 0.1) is 32.4 Å². The number of fused-ring (bicyclic) bond motifs is 3. The van der Waals surface area contributed by atoms with Crippen LogP contribution in [-0.2, 0) is 11.3 Å². The SMILES string of the molecule is COC(=O)c1ccc2c3ccccc3n(Cc3cc(OC)cc(OC)c3)c2c1. The van der Waals surface area contributed by atoms with Crippen molar-refractivity contribution in [1.82, 2.24) is 4.57 Å². The molecule has 0 aliphatic rings. The maximum Gasteiger partial charge on any atom is 0.337 e. The molecule has 0 aliphatic carbocycles. The third-order valence-corrected chi connectivity index (χ3v) is 4.95. The largest absolute Gasteiger partial charge is 0.497 e. The standard InChI is InChI=1S/C23H21NO4/c1-26-17-10-15(11-18(13-17)27-2)14-24-21-7-5-4-6-19(21)20-9-8-16(12-22(20)24)23(25)28-3/h4-13H,14H2,1-3H3. The fourth-order valence-electron chi connectivity index (χ4n) is 3.60. The average Bonchev–Trinajstić information content (AvgIpc) is 3.06. The number of benzene rings is 3. The van der Waals surface area contributed by atoms with Gasteiger partial charge in [-0.25, -0.2) is 4.79 Å². The van der Waals surface area contributed by atoms with E-state index < -0.39 is 0 Å². The number of carbonyl (C=O) groups is 1. The highest BCUT2D eigenvalue weighted by Crippen LogP contribution is 2.32. The molecule has 0 aliphatic heterocycles. The van der Waals surface area contributed by atoms with Crippen molar-refractivity contribution in [2.24, 2.45) is 0 Å². The highest BCUT2D eigenvalue weighted by atomic mass is 16.5. The first-order chi connectivity index (χ1) is 13.6. The number of rotatable bonds is 5. The van der Waals surface area contributed by atoms with Crippen LogP contribution >= 0.6 is 0 Å². The lowest BCUT2D eigenvalue weighted by atomic mass is 10.1. The van der Waals surface area contributed by atoms with Gasteiger partial charge < -0.3 is 18.8 Å². The van der Waals surface area contributed by atoms with Crippen molar-refractivity contribution in [1.29, 1.82) is 0 Å². The summed E-state index contributed by atoms with van der Waals surface area (Å²) >= 11 is 0. The maximum atomic E-state index is 12.0. The molecule has 0 N–H and O–H groups in total. The number of ether oxygens (including phenoxy) is 3. The van der Waals surface area contributed by atoms with Crippen molar-refractivity contribution >= 4 is 27.8 Å². The molecule has 4 rings (SSSR count). The van der Waals surface area contributed by atoms with E-state index in [9.17, 15) is 4.79 Å². The lowest BCUT2D eigenvalue weighted by molar-refractivity contribution is 0.0601. The Balaban J connectivity index is 1.92. The summed E-state index contributed by atoms with van der Waals surface area (Å²) < 4.78 is 17.9. The molecular weight excluding hydrogens is 354 g/mol. The Labute approximate surface area is 163 Å². The van der Waals surface area contributed by atoms with Crippen LogP contribution in [0.3, 0.4) is 0 Å². The minimum atomic E-state index is -0.346. The van der Waals surface area contributed by atoms with Crippen molar-refractivity contribution in [3.63, 3.8) is 0 Å². The molecule has 1 heterocycles. The number of esters is 1. The third kappa shape index (κ3) is 3.05. The Morgan fingerprint density at radius 1 is 0.821 bits per heavy atom. The zero-order chi connectivity index (χ0) is 19.7. The summed E-state index contributed by atoms with van der Waals surface area (Å²) in [6.07, 6.45) is 0. The summed E-state index contributed by atoms with van der Waals surface area (Å²) in [5.41, 5.74) is 3.65. The molecule has 0 amide bonds. The smallest absolute Gasteiger partial charge is 0.337 e. The van der Waals surface area contributed by atoms with Crippen molar-refractivity contribution in [2.45, 2.75) is 6.54 Å². The average molecular weight is 375 g/mol. The molecule has 5 nitrogen and oxygen atoms in total. The van der Waals surface area contributed by atoms with Crippen LogP contribution in [0.2, 0.25) is 0 Å². The van der Waals surface area contributed by atoms with E-state index >= 15 is 0 Å². The minimum absolute atomic E-state index is 0.346. The first kappa shape index (κ1) is 17.9. The zero-order valence-corrected chi connectivity index (χ0v) is 16.1. The van der Waals surface area contributed by atoms with E-state index in [1.807, 2.05) is 42.5 Å². The number of aromatic nitrogens is 1. The van der Waals surface area contributed by atoms with Gasteiger partial charge in [-0.1, -0.05) is 24.3 Å². The van der Waals surface area contributed by atoms with E-state index in [-0.39, 0.29) is 5.97 Å². The van der Waals surface area contributed by atoms with Gasteiger partial charge in [-0.05, 0) is 35.9 Å². The van der Waals surface area contributed by atoms with Crippen LogP contribution in [0.5, 0.6) is 11.5 Å². The number of para-hydroxylation sites is 1. The summed E-state index contributed by atoms with van der Waals surface area (Å²) in [5.74, 6) is 1.14. The number of carbonyl (C=O) groups excluding carboxylic acids is 1. The topological polar surface area (TPSA) is 49.7 Å². The Morgan fingerprint density at radius 3 is 2.18 bits per heavy atom. The molecule has 0 radical (unpaired) electrons. The molecule has 0 saturated carbocycles. The van der Waals surface area contributed by atoms with Gasteiger partial charge in [0, 0.05) is 28.9 Å². The second-order valence-corrected chi connectivity index (χ2v) is 6.55. The van der Waals surface area contributed by atoms with E-state index in [0.717, 1.165) is 38.9 Å². The molecule has 28 heavy (non-hydrogen) atoms. The van der Waals surface area contributed by atoms with Crippen LogP contribution in [0.1, 0.15) is 15.9 Å². The summed E-state index contributed by atoms with van der Waals surface area (Å²) in [6, 6.07) is 19.7. The molecule has 1 aromatic heterocycles. The highest BCUT2D eigenvalue weighted by molar-refractivity contribution is 6.09. The summed E-state index contributed by atoms with van der Waals surface area (Å²) in [4.78, 5) is 12.0. The molecule has 0 atom stereocenters. The van der Waals surface area contributed by atoms with Crippen LogP contribution in [0, 0.1) is 0 Å². The number of hydrogen-bond donors (Lipinski definition) is 0. The summed E-state index contributed by atoms with van der Waals surface area (Å²) in [6.45, 7) is 0.613. The van der Waals surface area contributed by atoms with E-state index in [4.69, 9.17) is 14.2 Å². The Hall–Kier alpha value is -3.47. The van der Waals surface area contributed by atoms with Gasteiger partial charge in [-0.2, -0.15) is 0 Å². The molecule has 0 fully saturated rings. The molecule has 142 valence electrons. The highest BCUT2D eigenvalue weighted by Gasteiger charge is 2.14. The number of hydrogen-bond acceptors (Lipinski definition) is 4. The quantitative estimate of drug-likeness (QED) is 0.477. The second-order valence-electron chi connectivity index (χ2n) is 6.55. The van der Waals surface area contributed by atoms with Gasteiger partial charge in [0.15, 0.2) is 0 Å². The van der Waals surface area contributed by atoms with Gasteiger partial charge in [-0.15, -0.1) is 0 Å². The molecule has 5 heteroatoms. The zero-order valence-electron chi connectivity index (χ0n) is 16.1. The van der Waals surface area contributed by atoms with E-state index in [2.05, 4.69) is 16.7 Å². The Bertz CT molecular complexity index is 1150. The lowest BCUT2D eigenvalue weighted by Gasteiger charge is -2.12. The number of nitrogens with zero attached hydrogens (tertiary/aromatic N) is 1. The molecule has 3 aromatic carbocycles. The van der Waals surface area contributed by atoms with Gasteiger partial charge in [0.25, 0.3) is 0 Å². The predicted molar refractivity (Wildman–Crippen MR) is 109 cm³/mol. The van der Waals surface area contributed by atoms with Crippen LogP contribution in [0.25, 0.3) is 21.8 Å². The van der Waals surface area contributed by atoms with E-state index in [1.54, 1.807) is 20.3 Å². The molecule has 0 bridgehead atoms. The summed E-state index contributed by atoms with van der Waals surface area (Å²) in [5, 5.41) is 2.24. The summed E-state index contributed by atoms with van der Waals surface area (Å²) in [7, 11) is 4.67. The van der Waals surface area contributed by atoms with Crippen molar-refractivity contribution in [3.05, 3.63) is 71.8 Å². The first-order valence-electron chi connectivity index (χ1n) is 8.96. The van der Waals surface area contributed by atoms with Crippen molar-refractivity contribution in [2.75, 3.05) is 21.3 Å².